The molecule has 6 unspecified atom stereocenters. The Kier molecular flexibility index (Phi) is 5.80. The van der Waals surface area contributed by atoms with Crippen molar-refractivity contribution in [1.29, 1.82) is 0 Å². The van der Waals surface area contributed by atoms with Gasteiger partial charge >= 0.3 is 0 Å². The van der Waals surface area contributed by atoms with Crippen molar-refractivity contribution >= 4 is 22.6 Å². The molecule has 0 bridgehead atoms. The Balaban J connectivity index is 2.01. The molecule has 0 aromatic carbocycles. The van der Waals surface area contributed by atoms with Crippen LogP contribution in [0.5, 0.6) is 0 Å². The lowest BCUT2D eigenvalue weighted by atomic mass is 9.59. The van der Waals surface area contributed by atoms with Gasteiger partial charge in [0.05, 0.1) is 31.0 Å². The summed E-state index contributed by atoms with van der Waals surface area (Å²) in [6.45, 7) is 15.8. The normalized spacial score (nSPS) is 41.4. The molecule has 6 heteroatoms. The number of hydrogen-bond acceptors (Lipinski definition) is 5. The quantitative estimate of drug-likeness (QED) is 0.489. The second-order valence-electron chi connectivity index (χ2n) is 9.88. The Hall–Kier alpha value is 0.530. The lowest BCUT2D eigenvalue weighted by Crippen LogP contribution is -2.59. The number of rotatable bonds is 4. The molecular formula is C20H35IO5. The van der Waals surface area contributed by atoms with Gasteiger partial charge in [-0.05, 0) is 46.0 Å². The van der Waals surface area contributed by atoms with E-state index < -0.39 is 11.4 Å². The van der Waals surface area contributed by atoms with E-state index >= 15 is 0 Å². The number of halogens is 1. The van der Waals surface area contributed by atoms with Crippen LogP contribution in [0.25, 0.3) is 0 Å². The topological polar surface area (TPSA) is 57.2 Å². The van der Waals surface area contributed by atoms with Crippen LogP contribution in [0.15, 0.2) is 0 Å². The van der Waals surface area contributed by atoms with Gasteiger partial charge in [-0.2, -0.15) is 0 Å². The first kappa shape index (κ1) is 21.2. The molecule has 3 fully saturated rings. The Morgan fingerprint density at radius 1 is 1.04 bits per heavy atom. The second-order valence-corrected chi connectivity index (χ2v) is 12.7. The highest BCUT2D eigenvalue weighted by atomic mass is 127. The summed E-state index contributed by atoms with van der Waals surface area (Å²) in [6, 6.07) is 0. The van der Waals surface area contributed by atoms with E-state index in [0.29, 0.717) is 25.0 Å². The largest absolute Gasteiger partial charge is 0.390 e. The van der Waals surface area contributed by atoms with Crippen LogP contribution in [-0.2, 0) is 18.9 Å². The molecule has 1 aliphatic carbocycles. The number of alkyl halides is 1. The zero-order valence-corrected chi connectivity index (χ0v) is 19.3. The lowest BCUT2D eigenvalue weighted by molar-refractivity contribution is -0.186. The van der Waals surface area contributed by atoms with E-state index in [9.17, 15) is 5.11 Å². The highest BCUT2D eigenvalue weighted by molar-refractivity contribution is 14.1. The van der Waals surface area contributed by atoms with Crippen molar-refractivity contribution in [3.8, 4) is 0 Å². The van der Waals surface area contributed by atoms with E-state index in [-0.39, 0.29) is 33.8 Å². The first-order chi connectivity index (χ1) is 11.8. The van der Waals surface area contributed by atoms with Crippen molar-refractivity contribution in [2.45, 2.75) is 88.2 Å². The van der Waals surface area contributed by atoms with Crippen LogP contribution < -0.4 is 0 Å². The molecule has 1 saturated carbocycles. The smallest absolute Gasteiger partial charge is 0.163 e. The van der Waals surface area contributed by atoms with Gasteiger partial charge in [0, 0.05) is 15.3 Å². The summed E-state index contributed by atoms with van der Waals surface area (Å²) < 4.78 is 24.7. The summed E-state index contributed by atoms with van der Waals surface area (Å²) in [4.78, 5) is 0. The first-order valence-corrected chi connectivity index (χ1v) is 10.9. The SMILES string of the molecule is CC1C(CC(C)(C)O)C(C(C)(C)I)C2OC(C)(C)OC2C1C1OCCO1. The fourth-order valence-corrected chi connectivity index (χ4v) is 6.16. The molecule has 2 aliphatic heterocycles. The molecule has 6 atom stereocenters. The molecular weight excluding hydrogens is 447 g/mol. The third-order valence-electron chi connectivity index (χ3n) is 6.13. The van der Waals surface area contributed by atoms with Gasteiger partial charge < -0.3 is 24.1 Å². The van der Waals surface area contributed by atoms with Crippen molar-refractivity contribution < 1.29 is 24.1 Å². The zero-order chi connectivity index (χ0) is 19.5. The van der Waals surface area contributed by atoms with Crippen LogP contribution in [0.3, 0.4) is 0 Å². The maximum absolute atomic E-state index is 10.6. The van der Waals surface area contributed by atoms with Crippen molar-refractivity contribution in [2.24, 2.45) is 23.7 Å². The summed E-state index contributed by atoms with van der Waals surface area (Å²) in [5.74, 6) is 0.344. The summed E-state index contributed by atoms with van der Waals surface area (Å²) in [7, 11) is 0. The van der Waals surface area contributed by atoms with Gasteiger partial charge in [-0.25, -0.2) is 0 Å². The number of aliphatic hydroxyl groups is 1. The van der Waals surface area contributed by atoms with Crippen molar-refractivity contribution in [2.75, 3.05) is 13.2 Å². The number of ether oxygens (including phenoxy) is 4. The minimum absolute atomic E-state index is 0.0109. The molecule has 2 saturated heterocycles. The number of hydrogen-bond donors (Lipinski definition) is 1. The van der Waals surface area contributed by atoms with Crippen molar-refractivity contribution in [3.63, 3.8) is 0 Å². The fraction of sp³-hybridized carbons (Fsp3) is 1.00. The highest BCUT2D eigenvalue weighted by Crippen LogP contribution is 2.56. The molecule has 3 rings (SSSR count). The van der Waals surface area contributed by atoms with Gasteiger partial charge in [0.1, 0.15) is 0 Å². The van der Waals surface area contributed by atoms with Crippen LogP contribution >= 0.6 is 22.6 Å². The third kappa shape index (κ3) is 4.25. The summed E-state index contributed by atoms with van der Waals surface area (Å²) in [6.07, 6.45) is 0.387. The Bertz CT molecular complexity index is 503. The molecule has 0 aromatic rings. The number of fused-ring (bicyclic) bond motifs is 1. The summed E-state index contributed by atoms with van der Waals surface area (Å²) in [5, 5.41) is 10.6. The predicted molar refractivity (Wildman–Crippen MR) is 108 cm³/mol. The molecule has 0 aromatic heterocycles. The van der Waals surface area contributed by atoms with Crippen LogP contribution in [0, 0.1) is 23.7 Å². The van der Waals surface area contributed by atoms with Gasteiger partial charge in [0.25, 0.3) is 0 Å². The Morgan fingerprint density at radius 3 is 2.08 bits per heavy atom. The molecule has 3 aliphatic rings. The van der Waals surface area contributed by atoms with E-state index in [2.05, 4.69) is 43.4 Å². The summed E-state index contributed by atoms with van der Waals surface area (Å²) in [5.41, 5.74) is -0.733. The molecule has 2 heterocycles. The Morgan fingerprint density at radius 2 is 1.58 bits per heavy atom. The molecule has 1 N–H and O–H groups in total. The lowest BCUT2D eigenvalue weighted by Gasteiger charge is -2.52. The molecule has 26 heavy (non-hydrogen) atoms. The summed E-state index contributed by atoms with van der Waals surface area (Å²) >= 11 is 2.54. The van der Waals surface area contributed by atoms with E-state index in [4.69, 9.17) is 18.9 Å². The van der Waals surface area contributed by atoms with E-state index in [1.807, 2.05) is 27.7 Å². The van der Waals surface area contributed by atoms with E-state index in [1.54, 1.807) is 0 Å². The van der Waals surface area contributed by atoms with Crippen molar-refractivity contribution in [3.05, 3.63) is 0 Å². The second kappa shape index (κ2) is 7.10. The molecule has 0 radical (unpaired) electrons. The average Bonchev–Trinajstić information content (AvgIpc) is 3.03. The van der Waals surface area contributed by atoms with Crippen LogP contribution in [0.4, 0.5) is 0 Å². The monoisotopic (exact) mass is 482 g/mol. The minimum Gasteiger partial charge on any atom is -0.390 e. The van der Waals surface area contributed by atoms with Gasteiger partial charge in [0.15, 0.2) is 12.1 Å². The molecule has 5 nitrogen and oxygen atoms in total. The van der Waals surface area contributed by atoms with E-state index in [0.717, 1.165) is 6.42 Å². The van der Waals surface area contributed by atoms with Gasteiger partial charge in [0.2, 0.25) is 0 Å². The van der Waals surface area contributed by atoms with Crippen LogP contribution in [0.1, 0.15) is 54.9 Å². The van der Waals surface area contributed by atoms with Gasteiger partial charge in [-0.1, -0.05) is 43.4 Å². The highest BCUT2D eigenvalue weighted by Gasteiger charge is 2.62. The fourth-order valence-electron chi connectivity index (χ4n) is 5.34. The van der Waals surface area contributed by atoms with Crippen LogP contribution in [0.2, 0.25) is 0 Å². The first-order valence-electron chi connectivity index (χ1n) is 9.80. The Labute approximate surface area is 171 Å². The maximum Gasteiger partial charge on any atom is 0.163 e. The average molecular weight is 482 g/mol. The molecule has 0 spiro atoms. The molecule has 152 valence electrons. The standard InChI is InChI=1S/C20H35IO5/c1-11-12(10-18(2,3)22)14(19(4,5)21)16-15(25-20(6,7)26-16)13(11)17-23-8-9-24-17/h11-17,22H,8-10H2,1-7H3. The van der Waals surface area contributed by atoms with Gasteiger partial charge in [-0.3, -0.25) is 0 Å². The predicted octanol–water partition coefficient (Wildman–Crippen LogP) is 3.75. The van der Waals surface area contributed by atoms with Gasteiger partial charge in [-0.15, -0.1) is 0 Å². The van der Waals surface area contributed by atoms with Crippen molar-refractivity contribution in [1.82, 2.24) is 0 Å². The van der Waals surface area contributed by atoms with Crippen LogP contribution in [-0.4, -0.2) is 51.6 Å². The molecule has 0 amide bonds. The minimum atomic E-state index is -0.733. The maximum atomic E-state index is 10.6. The van der Waals surface area contributed by atoms with E-state index in [1.165, 1.54) is 0 Å². The zero-order valence-electron chi connectivity index (χ0n) is 17.1. The third-order valence-corrected chi connectivity index (χ3v) is 6.85.